The van der Waals surface area contributed by atoms with Crippen LogP contribution in [0, 0.1) is 11.3 Å². The van der Waals surface area contributed by atoms with E-state index in [1.165, 1.54) is 26.4 Å². The zero-order chi connectivity index (χ0) is 16.8. The van der Waals surface area contributed by atoms with Gasteiger partial charge in [0.05, 0.1) is 14.2 Å². The van der Waals surface area contributed by atoms with Gasteiger partial charge in [0.15, 0.2) is 11.5 Å². The summed E-state index contributed by atoms with van der Waals surface area (Å²) >= 11 is 0. The van der Waals surface area contributed by atoms with Crippen LogP contribution in [0.5, 0.6) is 17.2 Å². The quantitative estimate of drug-likeness (QED) is 0.521. The van der Waals surface area contributed by atoms with Crippen molar-refractivity contribution in [1.29, 1.82) is 5.26 Å². The Morgan fingerprint density at radius 3 is 2.61 bits per heavy atom. The number of ketones is 1. The molecule has 0 saturated carbocycles. The van der Waals surface area contributed by atoms with Crippen LogP contribution in [0.15, 0.2) is 48.0 Å². The number of hydrogen-bond donors (Lipinski definition) is 1. The highest BCUT2D eigenvalue weighted by atomic mass is 16.5. The number of allylic oxidation sites excluding steroid dienone is 1. The predicted octanol–water partition coefficient (Wildman–Crippen LogP) is 3.20. The Hall–Kier alpha value is -3.26. The largest absolute Gasteiger partial charge is 0.504 e. The van der Waals surface area contributed by atoms with Crippen molar-refractivity contribution in [2.45, 2.75) is 0 Å². The number of phenolic OH excluding ortho intramolecular Hbond substituents is 1. The Labute approximate surface area is 134 Å². The van der Waals surface area contributed by atoms with Crippen LogP contribution >= 0.6 is 0 Å². The van der Waals surface area contributed by atoms with Gasteiger partial charge in [0.2, 0.25) is 5.78 Å². The predicted molar refractivity (Wildman–Crippen MR) is 85.6 cm³/mol. The Balaban J connectivity index is 2.38. The van der Waals surface area contributed by atoms with Crippen LogP contribution < -0.4 is 9.47 Å². The number of nitriles is 1. The Morgan fingerprint density at radius 2 is 1.96 bits per heavy atom. The fourth-order valence-electron chi connectivity index (χ4n) is 2.02. The van der Waals surface area contributed by atoms with Gasteiger partial charge in [-0.05, 0) is 35.9 Å². The molecule has 2 aromatic carbocycles. The number of methoxy groups -OCH3 is 2. The Kier molecular flexibility index (Phi) is 5.00. The lowest BCUT2D eigenvalue weighted by atomic mass is 10.0. The van der Waals surface area contributed by atoms with Gasteiger partial charge < -0.3 is 14.6 Å². The van der Waals surface area contributed by atoms with Crippen molar-refractivity contribution in [3.63, 3.8) is 0 Å². The number of benzene rings is 2. The number of aromatic hydroxyl groups is 1. The van der Waals surface area contributed by atoms with E-state index in [4.69, 9.17) is 9.47 Å². The van der Waals surface area contributed by atoms with E-state index in [0.717, 1.165) is 0 Å². The summed E-state index contributed by atoms with van der Waals surface area (Å²) in [4.78, 5) is 12.4. The lowest BCUT2D eigenvalue weighted by Crippen LogP contribution is -2.02. The van der Waals surface area contributed by atoms with Gasteiger partial charge in [0.25, 0.3) is 0 Å². The first-order valence-electron chi connectivity index (χ1n) is 6.76. The van der Waals surface area contributed by atoms with Crippen molar-refractivity contribution in [1.82, 2.24) is 0 Å². The topological polar surface area (TPSA) is 79.6 Å². The van der Waals surface area contributed by atoms with E-state index in [2.05, 4.69) is 0 Å². The number of nitrogens with zero attached hydrogens (tertiary/aromatic N) is 1. The molecule has 0 atom stereocenters. The van der Waals surface area contributed by atoms with E-state index in [-0.39, 0.29) is 17.1 Å². The minimum atomic E-state index is -0.404. The molecule has 0 unspecified atom stereocenters. The van der Waals surface area contributed by atoms with Crippen molar-refractivity contribution in [3.8, 4) is 23.3 Å². The van der Waals surface area contributed by atoms with Crippen LogP contribution in [0.3, 0.4) is 0 Å². The fraction of sp³-hybridized carbons (Fsp3) is 0.111. The molecule has 2 rings (SSSR count). The zero-order valence-corrected chi connectivity index (χ0v) is 12.7. The number of Topliss-reactive ketones (excluding diaryl/α,β-unsaturated/α-hetero) is 1. The summed E-state index contributed by atoms with van der Waals surface area (Å²) < 4.78 is 10.1. The molecule has 116 valence electrons. The van der Waals surface area contributed by atoms with Crippen LogP contribution in [0.25, 0.3) is 6.08 Å². The molecule has 23 heavy (non-hydrogen) atoms. The maximum absolute atomic E-state index is 12.4. The van der Waals surface area contributed by atoms with Crippen LogP contribution in [-0.4, -0.2) is 25.1 Å². The molecule has 5 nitrogen and oxygen atoms in total. The second-order valence-electron chi connectivity index (χ2n) is 4.66. The number of carbonyl (C=O) groups excluding carboxylic acids is 1. The molecule has 0 fully saturated rings. The van der Waals surface area contributed by atoms with E-state index in [1.54, 1.807) is 36.4 Å². The van der Waals surface area contributed by atoms with E-state index in [1.807, 2.05) is 6.07 Å². The summed E-state index contributed by atoms with van der Waals surface area (Å²) in [6.07, 6.45) is 1.45. The Bertz CT molecular complexity index is 803. The lowest BCUT2D eigenvalue weighted by Gasteiger charge is -2.05. The first-order valence-corrected chi connectivity index (χ1v) is 6.76. The maximum atomic E-state index is 12.4. The average molecular weight is 309 g/mol. The third-order valence-corrected chi connectivity index (χ3v) is 3.21. The van der Waals surface area contributed by atoms with Crippen molar-refractivity contribution < 1.29 is 19.4 Å². The molecule has 0 amide bonds. The third-order valence-electron chi connectivity index (χ3n) is 3.21. The molecule has 5 heteroatoms. The number of hydrogen-bond acceptors (Lipinski definition) is 5. The molecule has 0 saturated heterocycles. The zero-order valence-electron chi connectivity index (χ0n) is 12.7. The molecule has 2 aromatic rings. The molecule has 0 aliphatic carbocycles. The van der Waals surface area contributed by atoms with Gasteiger partial charge in [-0.25, -0.2) is 0 Å². The minimum Gasteiger partial charge on any atom is -0.504 e. The van der Waals surface area contributed by atoms with Crippen molar-refractivity contribution in [3.05, 3.63) is 59.2 Å². The normalized spacial score (nSPS) is 10.7. The smallest absolute Gasteiger partial charge is 0.203 e. The summed E-state index contributed by atoms with van der Waals surface area (Å²) in [7, 11) is 2.93. The third kappa shape index (κ3) is 3.69. The molecule has 0 aliphatic rings. The van der Waals surface area contributed by atoms with Crippen LogP contribution in [0.4, 0.5) is 0 Å². The van der Waals surface area contributed by atoms with E-state index in [9.17, 15) is 15.2 Å². The summed E-state index contributed by atoms with van der Waals surface area (Å²) in [5, 5.41) is 18.9. The summed E-state index contributed by atoms with van der Waals surface area (Å²) in [6, 6.07) is 13.1. The highest BCUT2D eigenvalue weighted by Crippen LogP contribution is 2.27. The molecule has 0 heterocycles. The average Bonchev–Trinajstić information content (AvgIpc) is 2.60. The van der Waals surface area contributed by atoms with Gasteiger partial charge in [-0.1, -0.05) is 18.2 Å². The van der Waals surface area contributed by atoms with Crippen LogP contribution in [0.1, 0.15) is 15.9 Å². The standard InChI is InChI=1S/C18H15NO4/c1-22-15-5-3-4-13(10-15)18(21)14(11-19)8-12-6-7-16(20)17(9-12)23-2/h3-10,20H,1-2H3/b14-8+. The molecule has 0 aliphatic heterocycles. The fourth-order valence-corrected chi connectivity index (χ4v) is 2.02. The molecular weight excluding hydrogens is 294 g/mol. The molecule has 1 N–H and O–H groups in total. The lowest BCUT2D eigenvalue weighted by molar-refractivity contribution is 0.103. The molecular formula is C18H15NO4. The summed E-state index contributed by atoms with van der Waals surface area (Å²) in [5.74, 6) is 0.394. The van der Waals surface area contributed by atoms with Gasteiger partial charge >= 0.3 is 0 Å². The number of carbonyl (C=O) groups is 1. The van der Waals surface area contributed by atoms with E-state index < -0.39 is 5.78 Å². The Morgan fingerprint density at radius 1 is 1.17 bits per heavy atom. The first kappa shape index (κ1) is 16.1. The van der Waals surface area contributed by atoms with Gasteiger partial charge in [-0.2, -0.15) is 5.26 Å². The summed E-state index contributed by atoms with van der Waals surface area (Å²) in [5.41, 5.74) is 0.918. The number of ether oxygens (including phenoxy) is 2. The molecule has 0 bridgehead atoms. The van der Waals surface area contributed by atoms with Crippen molar-refractivity contribution in [2.24, 2.45) is 0 Å². The molecule has 0 radical (unpaired) electrons. The molecule has 0 aromatic heterocycles. The monoisotopic (exact) mass is 309 g/mol. The SMILES string of the molecule is COc1cccc(C(=O)/C(C#N)=C/c2ccc(O)c(OC)c2)c1. The minimum absolute atomic E-state index is 0.0118. The van der Waals surface area contributed by atoms with Gasteiger partial charge in [0, 0.05) is 5.56 Å². The first-order chi connectivity index (χ1) is 11.1. The van der Waals surface area contributed by atoms with Crippen LogP contribution in [0.2, 0.25) is 0 Å². The number of phenols is 1. The van der Waals surface area contributed by atoms with Gasteiger partial charge in [-0.15, -0.1) is 0 Å². The van der Waals surface area contributed by atoms with Gasteiger partial charge in [0.1, 0.15) is 17.4 Å². The van der Waals surface area contributed by atoms with E-state index in [0.29, 0.717) is 16.9 Å². The highest BCUT2D eigenvalue weighted by Gasteiger charge is 2.13. The number of rotatable bonds is 5. The van der Waals surface area contributed by atoms with E-state index >= 15 is 0 Å². The maximum Gasteiger partial charge on any atom is 0.203 e. The highest BCUT2D eigenvalue weighted by molar-refractivity contribution is 6.14. The summed E-state index contributed by atoms with van der Waals surface area (Å²) in [6.45, 7) is 0. The van der Waals surface area contributed by atoms with Crippen molar-refractivity contribution >= 4 is 11.9 Å². The second-order valence-corrected chi connectivity index (χ2v) is 4.66. The molecule has 0 spiro atoms. The van der Waals surface area contributed by atoms with Crippen molar-refractivity contribution in [2.75, 3.05) is 14.2 Å². The van der Waals surface area contributed by atoms with Gasteiger partial charge in [-0.3, -0.25) is 4.79 Å². The van der Waals surface area contributed by atoms with Crippen LogP contribution in [-0.2, 0) is 0 Å². The second kappa shape index (κ2) is 7.14.